The summed E-state index contributed by atoms with van der Waals surface area (Å²) in [4.78, 5) is 22.7. The van der Waals surface area contributed by atoms with Gasteiger partial charge < -0.3 is 10.2 Å². The van der Waals surface area contributed by atoms with E-state index in [-0.39, 0.29) is 34.3 Å². The molecule has 0 radical (unpaired) electrons. The molecule has 25 heavy (non-hydrogen) atoms. The summed E-state index contributed by atoms with van der Waals surface area (Å²) in [6, 6.07) is 10.2. The number of nitrogens with zero attached hydrogens (tertiary/aromatic N) is 5. The fourth-order valence-corrected chi connectivity index (χ4v) is 2.78. The zero-order valence-corrected chi connectivity index (χ0v) is 13.4. The molecule has 3 aromatic rings. The van der Waals surface area contributed by atoms with Crippen LogP contribution in [0.25, 0.3) is 5.69 Å². The molecular formula is C15H11N5O4S. The van der Waals surface area contributed by atoms with E-state index in [2.05, 4.69) is 20.7 Å². The molecule has 0 fully saturated rings. The van der Waals surface area contributed by atoms with E-state index >= 15 is 0 Å². The Morgan fingerprint density at radius 1 is 1.12 bits per heavy atom. The molecule has 0 aliphatic heterocycles. The minimum Gasteiger partial charge on any atom is -0.504 e. The highest BCUT2D eigenvalue weighted by molar-refractivity contribution is 7.99. The second kappa shape index (κ2) is 7.09. The van der Waals surface area contributed by atoms with E-state index in [0.29, 0.717) is 10.8 Å². The van der Waals surface area contributed by atoms with E-state index in [1.165, 1.54) is 35.0 Å². The lowest BCUT2D eigenvalue weighted by Crippen LogP contribution is -2.05. The van der Waals surface area contributed by atoms with Crippen molar-refractivity contribution in [3.05, 3.63) is 52.9 Å². The van der Waals surface area contributed by atoms with Crippen LogP contribution in [0.2, 0.25) is 0 Å². The number of rotatable bonds is 6. The van der Waals surface area contributed by atoms with E-state index in [0.717, 1.165) is 11.8 Å². The number of carbonyl (C=O) groups excluding carboxylic acids is 1. The molecule has 126 valence electrons. The standard InChI is InChI=1S/C15H11N5O4S/c21-12-6-1-9(7-13(12)22)14(23)8-25-15-16-18-19-20(15)11-4-2-10(17-24)3-5-11/h1-7,21-22H,8H2. The number of benzene rings is 2. The zero-order chi connectivity index (χ0) is 17.8. The molecule has 10 heteroatoms. The Hall–Kier alpha value is -3.27. The maximum absolute atomic E-state index is 12.2. The molecular weight excluding hydrogens is 346 g/mol. The number of hydrogen-bond acceptors (Lipinski definition) is 9. The van der Waals surface area contributed by atoms with E-state index < -0.39 is 0 Å². The lowest BCUT2D eigenvalue weighted by Gasteiger charge is -2.05. The topological polar surface area (TPSA) is 131 Å². The third kappa shape index (κ3) is 3.63. The van der Waals surface area contributed by atoms with Crippen molar-refractivity contribution < 1.29 is 15.0 Å². The van der Waals surface area contributed by atoms with Crippen LogP contribution in [-0.2, 0) is 0 Å². The van der Waals surface area contributed by atoms with E-state index in [1.54, 1.807) is 12.1 Å². The minimum atomic E-state index is -0.357. The molecule has 1 heterocycles. The fourth-order valence-electron chi connectivity index (χ4n) is 2.00. The Morgan fingerprint density at radius 3 is 2.56 bits per heavy atom. The molecule has 0 bridgehead atoms. The number of hydrogen-bond donors (Lipinski definition) is 2. The Labute approximate surface area is 145 Å². The van der Waals surface area contributed by atoms with Gasteiger partial charge in [0.2, 0.25) is 5.16 Å². The van der Waals surface area contributed by atoms with Gasteiger partial charge in [0.1, 0.15) is 5.69 Å². The van der Waals surface area contributed by atoms with Gasteiger partial charge in [0, 0.05) is 5.56 Å². The lowest BCUT2D eigenvalue weighted by molar-refractivity contribution is 0.102. The first kappa shape index (κ1) is 16.6. The molecule has 3 rings (SSSR count). The van der Waals surface area contributed by atoms with Gasteiger partial charge in [0.25, 0.3) is 0 Å². The van der Waals surface area contributed by atoms with Gasteiger partial charge in [0.05, 0.1) is 11.4 Å². The molecule has 0 unspecified atom stereocenters. The Kier molecular flexibility index (Phi) is 4.70. The molecule has 0 atom stereocenters. The van der Waals surface area contributed by atoms with E-state index in [9.17, 15) is 19.9 Å². The molecule has 0 saturated carbocycles. The summed E-state index contributed by atoms with van der Waals surface area (Å²) in [5.74, 6) is -0.861. The second-order valence-electron chi connectivity index (χ2n) is 4.90. The molecule has 0 aliphatic carbocycles. The number of phenols is 2. The van der Waals surface area contributed by atoms with Crippen molar-refractivity contribution in [1.29, 1.82) is 0 Å². The largest absolute Gasteiger partial charge is 0.504 e. The highest BCUT2D eigenvalue weighted by Gasteiger charge is 2.14. The summed E-state index contributed by atoms with van der Waals surface area (Å²) in [6.45, 7) is 0. The second-order valence-corrected chi connectivity index (χ2v) is 5.84. The van der Waals surface area contributed by atoms with Gasteiger partial charge in [-0.3, -0.25) is 4.79 Å². The van der Waals surface area contributed by atoms with Crippen LogP contribution in [0, 0.1) is 4.91 Å². The van der Waals surface area contributed by atoms with Crippen LogP contribution in [0.15, 0.2) is 52.8 Å². The van der Waals surface area contributed by atoms with E-state index in [4.69, 9.17) is 0 Å². The summed E-state index contributed by atoms with van der Waals surface area (Å²) in [6.07, 6.45) is 0. The Bertz CT molecular complexity index is 926. The Balaban J connectivity index is 1.73. The van der Waals surface area contributed by atoms with Crippen LogP contribution in [0.3, 0.4) is 0 Å². The first-order valence-corrected chi connectivity index (χ1v) is 7.97. The minimum absolute atomic E-state index is 0.0402. The zero-order valence-electron chi connectivity index (χ0n) is 12.6. The van der Waals surface area contributed by atoms with Crippen LogP contribution in [-0.4, -0.2) is 42.0 Å². The fraction of sp³-hybridized carbons (Fsp3) is 0.0667. The maximum atomic E-state index is 12.2. The first-order valence-electron chi connectivity index (χ1n) is 6.98. The summed E-state index contributed by atoms with van der Waals surface area (Å²) in [5.41, 5.74) is 1.17. The van der Waals surface area contributed by atoms with Crippen LogP contribution < -0.4 is 0 Å². The predicted octanol–water partition coefficient (Wildman–Crippen LogP) is 2.45. The highest BCUT2D eigenvalue weighted by atomic mass is 32.2. The van der Waals surface area contributed by atoms with Gasteiger partial charge in [-0.05, 0) is 58.1 Å². The average molecular weight is 357 g/mol. The smallest absolute Gasteiger partial charge is 0.214 e. The van der Waals surface area contributed by atoms with Crippen LogP contribution in [0.5, 0.6) is 11.5 Å². The number of tetrazole rings is 1. The van der Waals surface area contributed by atoms with Crippen molar-refractivity contribution in [2.75, 3.05) is 5.75 Å². The lowest BCUT2D eigenvalue weighted by atomic mass is 10.1. The monoisotopic (exact) mass is 357 g/mol. The molecule has 0 saturated heterocycles. The first-order chi connectivity index (χ1) is 12.1. The summed E-state index contributed by atoms with van der Waals surface area (Å²) in [5, 5.41) is 33.3. The highest BCUT2D eigenvalue weighted by Crippen LogP contribution is 2.26. The maximum Gasteiger partial charge on any atom is 0.214 e. The number of ketones is 1. The molecule has 1 aromatic heterocycles. The van der Waals surface area contributed by atoms with Crippen LogP contribution >= 0.6 is 11.8 Å². The summed E-state index contributed by atoms with van der Waals surface area (Å²) in [7, 11) is 0. The van der Waals surface area contributed by atoms with Gasteiger partial charge >= 0.3 is 0 Å². The molecule has 9 nitrogen and oxygen atoms in total. The third-order valence-corrected chi connectivity index (χ3v) is 4.19. The number of aromatic hydroxyl groups is 2. The number of carbonyl (C=O) groups is 1. The number of nitroso groups, excluding NO2 is 1. The van der Waals surface area contributed by atoms with Crippen LogP contribution in [0.1, 0.15) is 10.4 Å². The summed E-state index contributed by atoms with van der Waals surface area (Å²) >= 11 is 1.12. The molecule has 2 aromatic carbocycles. The third-order valence-electron chi connectivity index (χ3n) is 3.27. The number of Topliss-reactive ketones (excluding diaryl/α,β-unsaturated/α-hetero) is 1. The normalized spacial score (nSPS) is 10.6. The average Bonchev–Trinajstić information content (AvgIpc) is 3.10. The molecule has 0 amide bonds. The van der Waals surface area contributed by atoms with Crippen molar-refractivity contribution in [3.8, 4) is 17.2 Å². The van der Waals surface area contributed by atoms with Gasteiger partial charge in [-0.1, -0.05) is 11.8 Å². The molecule has 0 spiro atoms. The summed E-state index contributed by atoms with van der Waals surface area (Å²) < 4.78 is 1.43. The molecule has 0 aliphatic rings. The van der Waals surface area contributed by atoms with Gasteiger partial charge in [0.15, 0.2) is 17.3 Å². The van der Waals surface area contributed by atoms with Crippen LogP contribution in [0.4, 0.5) is 5.69 Å². The Morgan fingerprint density at radius 2 is 1.88 bits per heavy atom. The predicted molar refractivity (Wildman–Crippen MR) is 89.4 cm³/mol. The van der Waals surface area contributed by atoms with Crippen molar-refractivity contribution in [1.82, 2.24) is 20.2 Å². The van der Waals surface area contributed by atoms with Gasteiger partial charge in [-0.15, -0.1) is 10.0 Å². The van der Waals surface area contributed by atoms with Gasteiger partial charge in [-0.25, -0.2) is 0 Å². The van der Waals surface area contributed by atoms with Crippen molar-refractivity contribution in [2.24, 2.45) is 5.18 Å². The number of aromatic nitrogens is 4. The SMILES string of the molecule is O=Nc1ccc(-n2nnnc2SCC(=O)c2ccc(O)c(O)c2)cc1. The molecule has 2 N–H and O–H groups in total. The van der Waals surface area contributed by atoms with Crippen molar-refractivity contribution >= 4 is 23.2 Å². The quantitative estimate of drug-likeness (QED) is 0.298. The van der Waals surface area contributed by atoms with Crippen molar-refractivity contribution in [2.45, 2.75) is 5.16 Å². The number of thioether (sulfide) groups is 1. The number of phenolic OH excluding ortho intramolecular Hbond substituents is 2. The van der Waals surface area contributed by atoms with Gasteiger partial charge in [-0.2, -0.15) is 4.68 Å². The van der Waals surface area contributed by atoms with E-state index in [1.807, 2.05) is 0 Å². The van der Waals surface area contributed by atoms with Crippen molar-refractivity contribution in [3.63, 3.8) is 0 Å².